The van der Waals surface area contributed by atoms with Gasteiger partial charge in [-0.25, -0.2) is 4.98 Å². The van der Waals surface area contributed by atoms with E-state index in [0.29, 0.717) is 12.1 Å². The molecule has 3 rings (SSSR count). The molecule has 1 fully saturated rings. The van der Waals surface area contributed by atoms with Gasteiger partial charge in [0.15, 0.2) is 0 Å². The summed E-state index contributed by atoms with van der Waals surface area (Å²) in [4.78, 5) is 4.82. The molecule has 1 aromatic carbocycles. The molecule has 96 valence electrons. The molecule has 2 aromatic rings. The Morgan fingerprint density at radius 1 is 1.39 bits per heavy atom. The van der Waals surface area contributed by atoms with E-state index in [9.17, 15) is 0 Å². The van der Waals surface area contributed by atoms with Gasteiger partial charge in [0, 0.05) is 18.5 Å². The molecule has 0 amide bonds. The highest BCUT2D eigenvalue weighted by molar-refractivity contribution is 5.76. The van der Waals surface area contributed by atoms with Crippen molar-refractivity contribution in [2.24, 2.45) is 0 Å². The number of nitrogens with one attached hydrogen (secondary N) is 1. The third-order valence-corrected chi connectivity index (χ3v) is 3.78. The van der Waals surface area contributed by atoms with Crippen molar-refractivity contribution in [1.29, 1.82) is 0 Å². The lowest BCUT2D eigenvalue weighted by molar-refractivity contribution is 0.530. The zero-order chi connectivity index (χ0) is 12.5. The lowest BCUT2D eigenvalue weighted by Gasteiger charge is -2.15. The minimum absolute atomic E-state index is 0.466. The molecule has 0 saturated carbocycles. The first kappa shape index (κ1) is 11.7. The van der Waals surface area contributed by atoms with Gasteiger partial charge in [-0.1, -0.05) is 12.1 Å². The van der Waals surface area contributed by atoms with Gasteiger partial charge in [0.25, 0.3) is 0 Å². The van der Waals surface area contributed by atoms with Gasteiger partial charge in [-0.2, -0.15) is 0 Å². The van der Waals surface area contributed by atoms with E-state index in [1.165, 1.54) is 24.2 Å². The quantitative estimate of drug-likeness (QED) is 0.898. The number of para-hydroxylation sites is 2. The molecule has 1 atom stereocenters. The molecule has 1 aliphatic heterocycles. The summed E-state index contributed by atoms with van der Waals surface area (Å²) < 4.78 is 2.38. The second kappa shape index (κ2) is 4.73. The fraction of sp³-hybridized carbons (Fsp3) is 0.533. The Hall–Kier alpha value is -1.35. The highest BCUT2D eigenvalue weighted by Gasteiger charge is 2.19. The molecule has 0 bridgehead atoms. The van der Waals surface area contributed by atoms with Crippen molar-refractivity contribution in [3.63, 3.8) is 0 Å². The third-order valence-electron chi connectivity index (χ3n) is 3.78. The fourth-order valence-electron chi connectivity index (χ4n) is 2.97. The van der Waals surface area contributed by atoms with Crippen molar-refractivity contribution in [2.75, 3.05) is 6.54 Å². The summed E-state index contributed by atoms with van der Waals surface area (Å²) in [6.07, 6.45) is 3.63. The summed E-state index contributed by atoms with van der Waals surface area (Å²) in [6.45, 7) is 5.63. The van der Waals surface area contributed by atoms with Crippen molar-refractivity contribution in [2.45, 2.75) is 45.2 Å². The Kier molecular flexibility index (Phi) is 3.08. The van der Waals surface area contributed by atoms with Crippen LogP contribution in [0.1, 0.15) is 38.6 Å². The first-order valence-corrected chi connectivity index (χ1v) is 6.95. The zero-order valence-corrected chi connectivity index (χ0v) is 11.2. The van der Waals surface area contributed by atoms with Crippen LogP contribution in [0, 0.1) is 0 Å². The molecule has 1 saturated heterocycles. The van der Waals surface area contributed by atoms with Crippen LogP contribution in [0.2, 0.25) is 0 Å². The van der Waals surface area contributed by atoms with E-state index in [1.54, 1.807) is 0 Å². The molecule has 1 aromatic heterocycles. The average molecular weight is 243 g/mol. The molecule has 0 radical (unpaired) electrons. The number of nitrogens with zero attached hydrogens (tertiary/aromatic N) is 2. The maximum Gasteiger partial charge on any atom is 0.111 e. The summed E-state index contributed by atoms with van der Waals surface area (Å²) in [5, 5.41) is 3.56. The van der Waals surface area contributed by atoms with Crippen molar-refractivity contribution in [3.05, 3.63) is 30.1 Å². The molecule has 1 aliphatic rings. The zero-order valence-electron chi connectivity index (χ0n) is 11.2. The van der Waals surface area contributed by atoms with Crippen LogP contribution in [0.4, 0.5) is 0 Å². The Balaban J connectivity index is 2.01. The van der Waals surface area contributed by atoms with E-state index in [1.807, 2.05) is 0 Å². The molecule has 2 heterocycles. The predicted molar refractivity (Wildman–Crippen MR) is 74.8 cm³/mol. The largest absolute Gasteiger partial charge is 0.325 e. The summed E-state index contributed by atoms with van der Waals surface area (Å²) in [7, 11) is 0. The first-order valence-electron chi connectivity index (χ1n) is 6.95. The van der Waals surface area contributed by atoms with E-state index >= 15 is 0 Å². The predicted octanol–water partition coefficient (Wildman–Crippen LogP) is 2.91. The summed E-state index contributed by atoms with van der Waals surface area (Å²) in [6, 6.07) is 9.53. The van der Waals surface area contributed by atoms with Gasteiger partial charge in [-0.05, 0) is 45.4 Å². The van der Waals surface area contributed by atoms with Crippen LogP contribution >= 0.6 is 0 Å². The van der Waals surface area contributed by atoms with Gasteiger partial charge in [-0.3, -0.25) is 0 Å². The maximum atomic E-state index is 4.82. The second-order valence-electron chi connectivity index (χ2n) is 5.48. The number of rotatable bonds is 3. The van der Waals surface area contributed by atoms with Gasteiger partial charge >= 0.3 is 0 Å². The van der Waals surface area contributed by atoms with Crippen LogP contribution in [0.3, 0.4) is 0 Å². The first-order chi connectivity index (χ1) is 8.75. The Morgan fingerprint density at radius 3 is 2.94 bits per heavy atom. The standard InChI is InChI=1S/C15H21N3/c1-11(2)18-14-8-4-3-7-13(14)17-15(18)10-12-6-5-9-16-12/h3-4,7-8,11-12,16H,5-6,9-10H2,1-2H3. The minimum Gasteiger partial charge on any atom is -0.325 e. The van der Waals surface area contributed by atoms with E-state index in [-0.39, 0.29) is 0 Å². The maximum absolute atomic E-state index is 4.82. The van der Waals surface area contributed by atoms with Gasteiger partial charge in [0.1, 0.15) is 5.82 Å². The highest BCUT2D eigenvalue weighted by Crippen LogP contribution is 2.23. The van der Waals surface area contributed by atoms with Crippen LogP contribution in [-0.4, -0.2) is 22.1 Å². The van der Waals surface area contributed by atoms with Crippen LogP contribution in [0.25, 0.3) is 11.0 Å². The number of aromatic nitrogens is 2. The molecule has 3 nitrogen and oxygen atoms in total. The third kappa shape index (κ3) is 2.03. The average Bonchev–Trinajstić information content (AvgIpc) is 2.95. The SMILES string of the molecule is CC(C)n1c(CC2CCCN2)nc2ccccc21. The molecular formula is C15H21N3. The molecular weight excluding hydrogens is 222 g/mol. The van der Waals surface area contributed by atoms with Gasteiger partial charge < -0.3 is 9.88 Å². The Labute approximate surface area is 108 Å². The number of benzene rings is 1. The second-order valence-corrected chi connectivity index (χ2v) is 5.48. The highest BCUT2D eigenvalue weighted by atomic mass is 15.1. The monoisotopic (exact) mass is 243 g/mol. The smallest absolute Gasteiger partial charge is 0.111 e. The van der Waals surface area contributed by atoms with Crippen molar-refractivity contribution in [3.8, 4) is 0 Å². The van der Waals surface area contributed by atoms with Gasteiger partial charge in [-0.15, -0.1) is 0 Å². The molecule has 3 heteroatoms. The minimum atomic E-state index is 0.466. The van der Waals surface area contributed by atoms with Crippen LogP contribution in [-0.2, 0) is 6.42 Å². The normalized spacial score (nSPS) is 20.1. The van der Waals surface area contributed by atoms with Crippen molar-refractivity contribution in [1.82, 2.24) is 14.9 Å². The summed E-state index contributed by atoms with van der Waals surface area (Å²) in [5.41, 5.74) is 2.39. The topological polar surface area (TPSA) is 29.9 Å². The Morgan fingerprint density at radius 2 is 2.22 bits per heavy atom. The molecule has 18 heavy (non-hydrogen) atoms. The summed E-state index contributed by atoms with van der Waals surface area (Å²) in [5.74, 6) is 1.23. The van der Waals surface area contributed by atoms with E-state index in [2.05, 4.69) is 48.0 Å². The molecule has 0 spiro atoms. The van der Waals surface area contributed by atoms with Crippen LogP contribution < -0.4 is 5.32 Å². The fourth-order valence-corrected chi connectivity index (χ4v) is 2.97. The lowest BCUT2D eigenvalue weighted by Crippen LogP contribution is -2.25. The van der Waals surface area contributed by atoms with Crippen molar-refractivity contribution >= 4 is 11.0 Å². The summed E-state index contributed by atoms with van der Waals surface area (Å²) >= 11 is 0. The van der Waals surface area contributed by atoms with Gasteiger partial charge in [0.2, 0.25) is 0 Å². The Bertz CT molecular complexity index is 536. The van der Waals surface area contributed by atoms with Crippen LogP contribution in [0.5, 0.6) is 0 Å². The molecule has 0 aliphatic carbocycles. The van der Waals surface area contributed by atoms with E-state index in [0.717, 1.165) is 18.5 Å². The van der Waals surface area contributed by atoms with E-state index < -0.39 is 0 Å². The number of imidazole rings is 1. The number of fused-ring (bicyclic) bond motifs is 1. The number of hydrogen-bond donors (Lipinski definition) is 1. The van der Waals surface area contributed by atoms with Crippen LogP contribution in [0.15, 0.2) is 24.3 Å². The van der Waals surface area contributed by atoms with E-state index in [4.69, 9.17) is 4.98 Å². The van der Waals surface area contributed by atoms with Crippen molar-refractivity contribution < 1.29 is 0 Å². The number of hydrogen-bond acceptors (Lipinski definition) is 2. The molecule has 1 unspecified atom stereocenters. The molecule has 1 N–H and O–H groups in total. The lowest BCUT2D eigenvalue weighted by atomic mass is 10.1. The van der Waals surface area contributed by atoms with Gasteiger partial charge in [0.05, 0.1) is 11.0 Å².